The molecule has 0 radical (unpaired) electrons. The number of nitrogens with one attached hydrogen (secondary N) is 1. The van der Waals surface area contributed by atoms with Gasteiger partial charge in [-0.05, 0) is 48.4 Å². The average molecular weight is 447 g/mol. The molecule has 4 rings (SSSR count). The number of nitrogens with zero attached hydrogens (tertiary/aromatic N) is 2. The molecule has 1 amide bonds. The van der Waals surface area contributed by atoms with Crippen LogP contribution in [-0.4, -0.2) is 29.4 Å². The van der Waals surface area contributed by atoms with E-state index in [-0.39, 0.29) is 24.4 Å². The Morgan fingerprint density at radius 2 is 1.85 bits per heavy atom. The molecule has 0 spiro atoms. The minimum Gasteiger partial charge on any atom is -0.496 e. The molecule has 3 aromatic rings. The monoisotopic (exact) mass is 447 g/mol. The molecule has 0 saturated carbocycles. The zero-order chi connectivity index (χ0) is 23.4. The fourth-order valence-electron chi connectivity index (χ4n) is 3.93. The highest BCUT2D eigenvalue weighted by Crippen LogP contribution is 2.35. The zero-order valence-electron chi connectivity index (χ0n) is 18.5. The zero-order valence-corrected chi connectivity index (χ0v) is 18.5. The lowest BCUT2D eigenvalue weighted by atomic mass is 10.0. The summed E-state index contributed by atoms with van der Waals surface area (Å²) < 4.78 is 11.4. The summed E-state index contributed by atoms with van der Waals surface area (Å²) in [5.41, 5.74) is 3.19. The summed E-state index contributed by atoms with van der Waals surface area (Å²) in [5, 5.41) is 14.3. The van der Waals surface area contributed by atoms with Crippen LogP contribution in [-0.2, 0) is 6.61 Å². The number of carbonyl (C=O) groups excluding carboxylic acids is 1. The van der Waals surface area contributed by atoms with E-state index in [2.05, 4.69) is 5.32 Å². The van der Waals surface area contributed by atoms with Crippen molar-refractivity contribution in [1.82, 2.24) is 4.90 Å². The Balaban J connectivity index is 1.61. The molecule has 8 nitrogen and oxygen atoms in total. The van der Waals surface area contributed by atoms with E-state index in [9.17, 15) is 14.9 Å². The Kier molecular flexibility index (Phi) is 6.44. The fourth-order valence-corrected chi connectivity index (χ4v) is 3.93. The van der Waals surface area contributed by atoms with E-state index in [1.54, 1.807) is 19.2 Å². The molecule has 0 saturated heterocycles. The number of amides is 1. The molecule has 33 heavy (non-hydrogen) atoms. The first-order valence-corrected chi connectivity index (χ1v) is 10.7. The minimum absolute atomic E-state index is 0.00398. The Morgan fingerprint density at radius 1 is 1.09 bits per heavy atom. The van der Waals surface area contributed by atoms with E-state index in [0.29, 0.717) is 23.6 Å². The van der Waals surface area contributed by atoms with Crippen LogP contribution in [0.1, 0.15) is 41.0 Å². The standard InChI is InChI=1S/C25H25N3O5/c1-3-14-27-24(26-22-7-5-4-6-21(22)25(27)29)17-8-13-23(32-2)18(15-17)16-33-20-11-9-19(10-12-20)28(30)31/h4-13,15,24,26H,3,14,16H2,1-2H3/t24-/m0/s1. The quantitative estimate of drug-likeness (QED) is 0.379. The molecule has 1 aliphatic heterocycles. The van der Waals surface area contributed by atoms with Crippen molar-refractivity contribution in [1.29, 1.82) is 0 Å². The number of benzene rings is 3. The van der Waals surface area contributed by atoms with Gasteiger partial charge in [0.1, 0.15) is 24.3 Å². The summed E-state index contributed by atoms with van der Waals surface area (Å²) in [5.74, 6) is 1.17. The number of hydrogen-bond acceptors (Lipinski definition) is 6. The van der Waals surface area contributed by atoms with Crippen LogP contribution in [0.4, 0.5) is 11.4 Å². The Bertz CT molecular complexity index is 1160. The molecule has 0 fully saturated rings. The van der Waals surface area contributed by atoms with Crippen LogP contribution in [0.15, 0.2) is 66.7 Å². The third kappa shape index (κ3) is 4.59. The Morgan fingerprint density at radius 3 is 2.55 bits per heavy atom. The van der Waals surface area contributed by atoms with Crippen LogP contribution in [0.3, 0.4) is 0 Å². The van der Waals surface area contributed by atoms with Gasteiger partial charge in [0, 0.05) is 29.9 Å². The molecule has 0 bridgehead atoms. The van der Waals surface area contributed by atoms with Gasteiger partial charge in [0.25, 0.3) is 11.6 Å². The van der Waals surface area contributed by atoms with Crippen LogP contribution in [0, 0.1) is 10.1 Å². The fraction of sp³-hybridized carbons (Fsp3) is 0.240. The largest absolute Gasteiger partial charge is 0.496 e. The van der Waals surface area contributed by atoms with Gasteiger partial charge in [-0.2, -0.15) is 0 Å². The summed E-state index contributed by atoms with van der Waals surface area (Å²) in [6.45, 7) is 2.87. The molecule has 1 heterocycles. The highest BCUT2D eigenvalue weighted by atomic mass is 16.6. The Hall–Kier alpha value is -4.07. The second-order valence-electron chi connectivity index (χ2n) is 7.70. The lowest BCUT2D eigenvalue weighted by Gasteiger charge is -2.38. The topological polar surface area (TPSA) is 93.9 Å². The summed E-state index contributed by atoms with van der Waals surface area (Å²) in [7, 11) is 1.59. The molecule has 0 aliphatic carbocycles. The lowest BCUT2D eigenvalue weighted by molar-refractivity contribution is -0.384. The number of para-hydroxylation sites is 1. The second kappa shape index (κ2) is 9.60. The minimum atomic E-state index is -0.449. The second-order valence-corrected chi connectivity index (χ2v) is 7.70. The van der Waals surface area contributed by atoms with E-state index in [4.69, 9.17) is 9.47 Å². The molecular formula is C25H25N3O5. The van der Waals surface area contributed by atoms with Gasteiger partial charge in [0.15, 0.2) is 0 Å². The maximum Gasteiger partial charge on any atom is 0.269 e. The van der Waals surface area contributed by atoms with Gasteiger partial charge in [-0.3, -0.25) is 14.9 Å². The Labute approximate surface area is 191 Å². The first-order valence-electron chi connectivity index (χ1n) is 10.7. The van der Waals surface area contributed by atoms with Gasteiger partial charge in [-0.15, -0.1) is 0 Å². The number of methoxy groups -OCH3 is 1. The maximum absolute atomic E-state index is 13.2. The highest BCUT2D eigenvalue weighted by molar-refractivity contribution is 6.01. The van der Waals surface area contributed by atoms with Gasteiger partial charge in [0.05, 0.1) is 17.6 Å². The van der Waals surface area contributed by atoms with Crippen LogP contribution < -0.4 is 14.8 Å². The van der Waals surface area contributed by atoms with E-state index in [1.807, 2.05) is 54.3 Å². The predicted octanol–water partition coefficient (Wildman–Crippen LogP) is 5.16. The molecule has 1 aliphatic rings. The molecule has 170 valence electrons. The number of hydrogen-bond donors (Lipinski definition) is 1. The van der Waals surface area contributed by atoms with Crippen molar-refractivity contribution in [3.8, 4) is 11.5 Å². The van der Waals surface area contributed by atoms with Crippen molar-refractivity contribution in [2.75, 3.05) is 19.0 Å². The van der Waals surface area contributed by atoms with Crippen LogP contribution >= 0.6 is 0 Å². The first-order chi connectivity index (χ1) is 16.0. The van der Waals surface area contributed by atoms with Crippen molar-refractivity contribution in [2.45, 2.75) is 26.1 Å². The predicted molar refractivity (Wildman–Crippen MR) is 125 cm³/mol. The van der Waals surface area contributed by atoms with Gasteiger partial charge >= 0.3 is 0 Å². The summed E-state index contributed by atoms with van der Waals surface area (Å²) in [6, 6.07) is 19.2. The SMILES string of the molecule is CCCN1C(=O)c2ccccc2N[C@@H]1c1ccc(OC)c(COc2ccc([N+](=O)[O-])cc2)c1. The number of anilines is 1. The van der Waals surface area contributed by atoms with E-state index in [0.717, 1.165) is 23.2 Å². The number of rotatable bonds is 8. The number of fused-ring (bicyclic) bond motifs is 1. The van der Waals surface area contributed by atoms with Gasteiger partial charge in [0.2, 0.25) is 0 Å². The summed E-state index contributed by atoms with van der Waals surface area (Å²) in [4.78, 5) is 25.4. The molecule has 0 aromatic heterocycles. The van der Waals surface area contributed by atoms with E-state index >= 15 is 0 Å². The third-order valence-electron chi connectivity index (χ3n) is 5.55. The number of nitro benzene ring substituents is 1. The molecule has 3 aromatic carbocycles. The average Bonchev–Trinajstić information content (AvgIpc) is 2.84. The molecular weight excluding hydrogens is 422 g/mol. The smallest absolute Gasteiger partial charge is 0.269 e. The van der Waals surface area contributed by atoms with Gasteiger partial charge in [-0.1, -0.05) is 25.1 Å². The first kappa shape index (κ1) is 22.1. The van der Waals surface area contributed by atoms with Crippen LogP contribution in [0.25, 0.3) is 0 Å². The molecule has 1 N–H and O–H groups in total. The number of non-ortho nitro benzene ring substituents is 1. The van der Waals surface area contributed by atoms with Gasteiger partial charge in [-0.25, -0.2) is 0 Å². The maximum atomic E-state index is 13.2. The van der Waals surface area contributed by atoms with Gasteiger partial charge < -0.3 is 19.7 Å². The summed E-state index contributed by atoms with van der Waals surface area (Å²) >= 11 is 0. The van der Waals surface area contributed by atoms with Crippen LogP contribution in [0.2, 0.25) is 0 Å². The number of ether oxygens (including phenoxy) is 2. The van der Waals surface area contributed by atoms with Crippen molar-refractivity contribution < 1.29 is 19.2 Å². The van der Waals surface area contributed by atoms with Crippen molar-refractivity contribution in [3.63, 3.8) is 0 Å². The number of nitro groups is 1. The van der Waals surface area contributed by atoms with E-state index in [1.165, 1.54) is 12.1 Å². The molecule has 0 unspecified atom stereocenters. The van der Waals surface area contributed by atoms with Crippen molar-refractivity contribution >= 4 is 17.3 Å². The highest BCUT2D eigenvalue weighted by Gasteiger charge is 2.32. The summed E-state index contributed by atoms with van der Waals surface area (Å²) in [6.07, 6.45) is 0.509. The normalized spacial score (nSPS) is 14.9. The molecule has 1 atom stereocenters. The lowest BCUT2D eigenvalue weighted by Crippen LogP contribution is -2.43. The van der Waals surface area contributed by atoms with Crippen molar-refractivity contribution in [2.24, 2.45) is 0 Å². The van der Waals surface area contributed by atoms with Crippen LogP contribution in [0.5, 0.6) is 11.5 Å². The number of carbonyl (C=O) groups is 1. The molecule has 8 heteroatoms. The van der Waals surface area contributed by atoms with Crippen molar-refractivity contribution in [3.05, 3.63) is 93.5 Å². The van der Waals surface area contributed by atoms with E-state index < -0.39 is 4.92 Å². The third-order valence-corrected chi connectivity index (χ3v) is 5.55.